The molecule has 0 atom stereocenters. The Kier molecular flexibility index (Phi) is 5.87. The number of phenols is 1. The number of phenolic OH excluding ortho intramolecular Hbond substituents is 1. The molecule has 1 aliphatic rings. The van der Waals surface area contributed by atoms with E-state index < -0.39 is 10.0 Å². The van der Waals surface area contributed by atoms with Gasteiger partial charge in [0.1, 0.15) is 5.75 Å². The number of nitrogens with one attached hydrogen (secondary N) is 2. The molecule has 1 fully saturated rings. The lowest BCUT2D eigenvalue weighted by molar-refractivity contribution is 0.360. The Morgan fingerprint density at radius 2 is 1.93 bits per heavy atom. The van der Waals surface area contributed by atoms with Crippen molar-refractivity contribution in [1.82, 2.24) is 14.6 Å². The van der Waals surface area contributed by atoms with Crippen LogP contribution in [0.25, 0.3) is 5.57 Å². The van der Waals surface area contributed by atoms with Crippen LogP contribution in [0.3, 0.4) is 0 Å². The second kappa shape index (κ2) is 8.57. The first-order chi connectivity index (χ1) is 14.4. The number of benzene rings is 2. The van der Waals surface area contributed by atoms with Crippen molar-refractivity contribution in [2.24, 2.45) is 0 Å². The van der Waals surface area contributed by atoms with Crippen LogP contribution in [0.2, 0.25) is 0 Å². The lowest BCUT2D eigenvalue weighted by atomic mass is 10.1. The molecule has 0 bridgehead atoms. The van der Waals surface area contributed by atoms with Crippen molar-refractivity contribution >= 4 is 37.8 Å². The molecule has 0 spiro atoms. The molecular formula is C21H22N4O3S2. The summed E-state index contributed by atoms with van der Waals surface area (Å²) >= 11 is 1.41. The average Bonchev–Trinajstić information content (AvgIpc) is 3.22. The molecule has 3 aromatic rings. The van der Waals surface area contributed by atoms with Gasteiger partial charge in [0.15, 0.2) is 5.13 Å². The predicted molar refractivity (Wildman–Crippen MR) is 120 cm³/mol. The normalized spacial score (nSPS) is 15.1. The lowest BCUT2D eigenvalue weighted by Gasteiger charge is -2.26. The number of rotatable bonds is 6. The second-order valence-electron chi connectivity index (χ2n) is 6.87. The van der Waals surface area contributed by atoms with Crippen LogP contribution in [0.1, 0.15) is 10.4 Å². The van der Waals surface area contributed by atoms with Gasteiger partial charge in [-0.1, -0.05) is 36.1 Å². The van der Waals surface area contributed by atoms with Crippen LogP contribution in [0, 0.1) is 0 Å². The van der Waals surface area contributed by atoms with Gasteiger partial charge in [-0.2, -0.15) is 4.31 Å². The highest BCUT2D eigenvalue weighted by Crippen LogP contribution is 2.32. The van der Waals surface area contributed by atoms with Gasteiger partial charge in [-0.05, 0) is 41.5 Å². The SMILES string of the molecule is C=C(c1cccc(O)c1)c1cnc(Nc2cccc(S(=O)(=O)N3CCNCC3)c2)s1. The summed E-state index contributed by atoms with van der Waals surface area (Å²) in [6.07, 6.45) is 1.71. The summed E-state index contributed by atoms with van der Waals surface area (Å²) < 4.78 is 27.3. The van der Waals surface area contributed by atoms with E-state index in [9.17, 15) is 13.5 Å². The van der Waals surface area contributed by atoms with Gasteiger partial charge >= 0.3 is 0 Å². The standard InChI is InChI=1S/C21H22N4O3S2/c1-15(16-4-2-6-18(26)12-16)20-14-23-21(29-20)24-17-5-3-7-19(13-17)30(27,28)25-10-8-22-9-11-25/h2-7,12-14,22,26H,1,8-11H2,(H,23,24). The predicted octanol–water partition coefficient (Wildman–Crippen LogP) is 3.25. The number of nitrogens with zero attached hydrogens (tertiary/aromatic N) is 2. The second-order valence-corrected chi connectivity index (χ2v) is 9.83. The summed E-state index contributed by atoms with van der Waals surface area (Å²) in [5.41, 5.74) is 2.22. The first-order valence-corrected chi connectivity index (χ1v) is 11.7. The van der Waals surface area contributed by atoms with Crippen LogP contribution < -0.4 is 10.6 Å². The third-order valence-corrected chi connectivity index (χ3v) is 7.66. The van der Waals surface area contributed by atoms with Gasteiger partial charge in [-0.15, -0.1) is 0 Å². The van der Waals surface area contributed by atoms with Crippen LogP contribution in [-0.2, 0) is 10.0 Å². The number of anilines is 2. The molecule has 1 aliphatic heterocycles. The third kappa shape index (κ3) is 4.39. The Labute approximate surface area is 179 Å². The van der Waals surface area contributed by atoms with Crippen molar-refractivity contribution in [3.8, 4) is 5.75 Å². The lowest BCUT2D eigenvalue weighted by Crippen LogP contribution is -2.46. The monoisotopic (exact) mass is 442 g/mol. The van der Waals surface area contributed by atoms with Crippen LogP contribution in [0.5, 0.6) is 5.75 Å². The van der Waals surface area contributed by atoms with E-state index in [0.717, 1.165) is 16.0 Å². The highest BCUT2D eigenvalue weighted by molar-refractivity contribution is 7.89. The Balaban J connectivity index is 1.52. The number of hydrogen-bond donors (Lipinski definition) is 3. The fourth-order valence-corrected chi connectivity index (χ4v) is 5.52. The van der Waals surface area contributed by atoms with Gasteiger partial charge in [0.05, 0.1) is 9.77 Å². The van der Waals surface area contributed by atoms with Crippen LogP contribution in [0.15, 0.2) is 66.2 Å². The fraction of sp³-hybridized carbons (Fsp3) is 0.190. The summed E-state index contributed by atoms with van der Waals surface area (Å²) in [6.45, 7) is 6.34. The van der Waals surface area contributed by atoms with Crippen molar-refractivity contribution in [1.29, 1.82) is 0 Å². The van der Waals surface area contributed by atoms with Gasteiger partial charge in [0.2, 0.25) is 10.0 Å². The molecule has 156 valence electrons. The largest absolute Gasteiger partial charge is 0.508 e. The minimum Gasteiger partial charge on any atom is -0.508 e. The van der Waals surface area contributed by atoms with Crippen LogP contribution >= 0.6 is 11.3 Å². The maximum absolute atomic E-state index is 12.9. The highest BCUT2D eigenvalue weighted by Gasteiger charge is 2.26. The van der Waals surface area contributed by atoms with Crippen molar-refractivity contribution < 1.29 is 13.5 Å². The van der Waals surface area contributed by atoms with E-state index in [-0.39, 0.29) is 10.6 Å². The van der Waals surface area contributed by atoms with Gasteiger partial charge in [-0.3, -0.25) is 0 Å². The Hall–Kier alpha value is -2.72. The molecule has 7 nitrogen and oxygen atoms in total. The molecule has 2 aromatic carbocycles. The number of aromatic hydroxyl groups is 1. The van der Waals surface area contributed by atoms with Gasteiger partial charge in [-0.25, -0.2) is 13.4 Å². The molecule has 4 rings (SSSR count). The van der Waals surface area contributed by atoms with E-state index in [1.54, 1.807) is 42.6 Å². The zero-order valence-corrected chi connectivity index (χ0v) is 17.8. The van der Waals surface area contributed by atoms with E-state index in [1.165, 1.54) is 15.6 Å². The third-order valence-electron chi connectivity index (χ3n) is 4.80. The Bertz CT molecular complexity index is 1170. The van der Waals surface area contributed by atoms with Crippen molar-refractivity contribution in [2.75, 3.05) is 31.5 Å². The summed E-state index contributed by atoms with van der Waals surface area (Å²) in [5, 5.41) is 16.6. The number of aromatic nitrogens is 1. The molecule has 0 aliphatic carbocycles. The Morgan fingerprint density at radius 3 is 2.70 bits per heavy atom. The quantitative estimate of drug-likeness (QED) is 0.543. The van der Waals surface area contributed by atoms with Gasteiger partial charge in [0, 0.05) is 38.1 Å². The number of sulfonamides is 1. The molecule has 9 heteroatoms. The highest BCUT2D eigenvalue weighted by atomic mass is 32.2. The molecule has 1 saturated heterocycles. The Morgan fingerprint density at radius 1 is 1.17 bits per heavy atom. The molecular weight excluding hydrogens is 420 g/mol. The minimum atomic E-state index is -3.53. The van der Waals surface area contributed by atoms with Crippen LogP contribution in [0.4, 0.5) is 10.8 Å². The summed E-state index contributed by atoms with van der Waals surface area (Å²) in [4.78, 5) is 5.49. The summed E-state index contributed by atoms with van der Waals surface area (Å²) in [6, 6.07) is 13.7. The molecule has 0 saturated carbocycles. The summed E-state index contributed by atoms with van der Waals surface area (Å²) in [7, 11) is -3.53. The molecule has 0 amide bonds. The maximum atomic E-state index is 12.9. The van der Waals surface area contributed by atoms with E-state index in [0.29, 0.717) is 37.0 Å². The van der Waals surface area contributed by atoms with Gasteiger partial charge < -0.3 is 15.7 Å². The van der Waals surface area contributed by atoms with E-state index in [4.69, 9.17) is 0 Å². The average molecular weight is 443 g/mol. The molecule has 1 aromatic heterocycles. The van der Waals surface area contributed by atoms with Crippen LogP contribution in [-0.4, -0.2) is 49.0 Å². The molecule has 0 radical (unpaired) electrons. The smallest absolute Gasteiger partial charge is 0.243 e. The first-order valence-electron chi connectivity index (χ1n) is 9.46. The van der Waals surface area contributed by atoms with Gasteiger partial charge in [0.25, 0.3) is 0 Å². The number of thiazole rings is 1. The minimum absolute atomic E-state index is 0.180. The van der Waals surface area contributed by atoms with E-state index >= 15 is 0 Å². The maximum Gasteiger partial charge on any atom is 0.243 e. The number of hydrogen-bond acceptors (Lipinski definition) is 7. The molecule has 3 N–H and O–H groups in total. The zero-order valence-electron chi connectivity index (χ0n) is 16.2. The van der Waals surface area contributed by atoms with Crippen molar-refractivity contribution in [3.63, 3.8) is 0 Å². The molecule has 30 heavy (non-hydrogen) atoms. The van der Waals surface area contributed by atoms with Crippen molar-refractivity contribution in [3.05, 3.63) is 71.7 Å². The van der Waals surface area contributed by atoms with E-state index in [1.807, 2.05) is 12.1 Å². The summed E-state index contributed by atoms with van der Waals surface area (Å²) in [5.74, 6) is 0.180. The zero-order chi connectivity index (χ0) is 21.1. The first kappa shape index (κ1) is 20.5. The number of piperazine rings is 1. The fourth-order valence-electron chi connectivity index (χ4n) is 3.20. The molecule has 2 heterocycles. The topological polar surface area (TPSA) is 94.6 Å². The van der Waals surface area contributed by atoms with E-state index in [2.05, 4.69) is 22.2 Å². The van der Waals surface area contributed by atoms with Crippen molar-refractivity contribution in [2.45, 2.75) is 4.90 Å². The molecule has 0 unspecified atom stereocenters.